The van der Waals surface area contributed by atoms with E-state index in [4.69, 9.17) is 10.5 Å². The fourth-order valence-corrected chi connectivity index (χ4v) is 5.27. The lowest BCUT2D eigenvalue weighted by atomic mass is 9.89. The second-order valence-corrected chi connectivity index (χ2v) is 9.88. The van der Waals surface area contributed by atoms with E-state index < -0.39 is 35.7 Å². The Morgan fingerprint density at radius 2 is 1.88 bits per heavy atom. The van der Waals surface area contributed by atoms with Crippen LogP contribution in [-0.2, 0) is 9.53 Å². The molecule has 2 heterocycles. The second-order valence-electron chi connectivity index (χ2n) is 9.88. The first-order chi connectivity index (χ1) is 19.2. The van der Waals surface area contributed by atoms with Crippen molar-refractivity contribution in [1.82, 2.24) is 20.4 Å². The summed E-state index contributed by atoms with van der Waals surface area (Å²) in [7, 11) is 1.31. The van der Waals surface area contributed by atoms with Gasteiger partial charge >= 0.3 is 18.0 Å². The fraction of sp³-hybridized carbons (Fsp3) is 0.393. The zero-order chi connectivity index (χ0) is 28.8. The van der Waals surface area contributed by atoms with Gasteiger partial charge < -0.3 is 31.1 Å². The van der Waals surface area contributed by atoms with Crippen molar-refractivity contribution >= 4 is 23.7 Å². The van der Waals surface area contributed by atoms with E-state index in [2.05, 4.69) is 21.6 Å². The van der Waals surface area contributed by atoms with Gasteiger partial charge in [-0.1, -0.05) is 18.2 Å². The summed E-state index contributed by atoms with van der Waals surface area (Å²) in [6.07, 6.45) is 2.58. The van der Waals surface area contributed by atoms with Gasteiger partial charge in [0.2, 0.25) is 0 Å². The summed E-state index contributed by atoms with van der Waals surface area (Å²) in [5, 5.41) is 15.0. The highest BCUT2D eigenvalue weighted by molar-refractivity contribution is 6.01. The van der Waals surface area contributed by atoms with Crippen LogP contribution in [0.3, 0.4) is 0 Å². The van der Waals surface area contributed by atoms with Gasteiger partial charge in [-0.25, -0.2) is 28.1 Å². The van der Waals surface area contributed by atoms with Crippen molar-refractivity contribution in [3.8, 4) is 0 Å². The topological polar surface area (TPSA) is 137 Å². The maximum absolute atomic E-state index is 14.1. The van der Waals surface area contributed by atoms with Gasteiger partial charge in [-0.15, -0.1) is 0 Å². The molecule has 4 rings (SSSR count). The van der Waals surface area contributed by atoms with Gasteiger partial charge in [-0.2, -0.15) is 0 Å². The average Bonchev–Trinajstić information content (AvgIpc) is 2.92. The predicted octanol–water partition coefficient (Wildman–Crippen LogP) is 3.58. The number of nitrogens with one attached hydrogen (secondary N) is 2. The number of piperidine rings is 1. The van der Waals surface area contributed by atoms with E-state index in [1.807, 2.05) is 18.2 Å². The van der Waals surface area contributed by atoms with E-state index in [0.29, 0.717) is 17.2 Å². The first kappa shape index (κ1) is 29.0. The maximum atomic E-state index is 14.1. The molecule has 2 aromatic carbocycles. The van der Waals surface area contributed by atoms with Crippen LogP contribution < -0.4 is 16.4 Å². The van der Waals surface area contributed by atoms with Crippen LogP contribution in [0.15, 0.2) is 53.7 Å². The van der Waals surface area contributed by atoms with Crippen molar-refractivity contribution in [1.29, 1.82) is 0 Å². The normalized spacial score (nSPS) is 18.5. The third-order valence-electron chi connectivity index (χ3n) is 7.23. The van der Waals surface area contributed by atoms with Crippen LogP contribution >= 0.6 is 0 Å². The number of nitrogens with zero attached hydrogens (tertiary/aromatic N) is 2. The van der Waals surface area contributed by atoms with E-state index in [9.17, 15) is 28.3 Å². The molecule has 40 heavy (non-hydrogen) atoms. The van der Waals surface area contributed by atoms with Crippen molar-refractivity contribution < 1.29 is 33.0 Å². The molecular weight excluding hydrogens is 524 g/mol. The van der Waals surface area contributed by atoms with Crippen molar-refractivity contribution in [2.75, 3.05) is 45.6 Å². The monoisotopic (exact) mass is 557 g/mol. The van der Waals surface area contributed by atoms with Gasteiger partial charge in [-0.3, -0.25) is 0 Å². The van der Waals surface area contributed by atoms with Gasteiger partial charge in [0.15, 0.2) is 11.6 Å². The van der Waals surface area contributed by atoms with Crippen LogP contribution in [0, 0.1) is 11.6 Å². The fourth-order valence-electron chi connectivity index (χ4n) is 5.27. The molecule has 10 nitrogen and oxygen atoms in total. The van der Waals surface area contributed by atoms with Crippen molar-refractivity contribution in [3.05, 3.63) is 76.5 Å². The van der Waals surface area contributed by atoms with E-state index in [1.54, 1.807) is 0 Å². The number of hydrogen-bond donors (Lipinski definition) is 4. The summed E-state index contributed by atoms with van der Waals surface area (Å²) in [6.45, 7) is 2.47. The molecule has 2 aliphatic rings. The minimum atomic E-state index is -1.50. The summed E-state index contributed by atoms with van der Waals surface area (Å²) in [5.74, 6) is -3.37. The molecule has 0 aromatic heterocycles. The number of aliphatic carboxylic acids is 1. The molecule has 2 aromatic rings. The van der Waals surface area contributed by atoms with Crippen LogP contribution in [0.5, 0.6) is 0 Å². The minimum absolute atomic E-state index is 0.0713. The Balaban J connectivity index is 1.39. The van der Waals surface area contributed by atoms with E-state index in [1.165, 1.54) is 12.7 Å². The Morgan fingerprint density at radius 3 is 2.52 bits per heavy atom. The highest BCUT2D eigenvalue weighted by atomic mass is 19.2. The highest BCUT2D eigenvalue weighted by Gasteiger charge is 2.42. The number of imide groups is 1. The largest absolute Gasteiger partial charge is 0.478 e. The number of anilines is 1. The van der Waals surface area contributed by atoms with Crippen LogP contribution in [0.2, 0.25) is 0 Å². The van der Waals surface area contributed by atoms with Crippen LogP contribution in [0.1, 0.15) is 42.3 Å². The number of nitrogens with two attached hydrogens (primary N) is 1. The number of rotatable bonds is 9. The third kappa shape index (κ3) is 6.57. The van der Waals surface area contributed by atoms with Crippen molar-refractivity contribution in [2.45, 2.75) is 31.2 Å². The molecule has 0 spiro atoms. The van der Waals surface area contributed by atoms with Gasteiger partial charge in [0.25, 0.3) is 0 Å². The molecule has 5 N–H and O–H groups in total. The molecule has 1 fully saturated rings. The molecule has 2 aliphatic heterocycles. The summed E-state index contributed by atoms with van der Waals surface area (Å²) in [5.41, 5.74) is 7.37. The number of carbonyl (C=O) groups excluding carboxylic acids is 2. The molecule has 1 atom stereocenters. The summed E-state index contributed by atoms with van der Waals surface area (Å²) < 4.78 is 32.7. The number of halogens is 2. The Kier molecular flexibility index (Phi) is 9.33. The Hall–Kier alpha value is -4.03. The summed E-state index contributed by atoms with van der Waals surface area (Å²) in [6, 6.07) is 7.42. The number of nitrogen functional groups attached to an aromatic ring is 1. The molecular formula is C28H33F2N5O5. The van der Waals surface area contributed by atoms with E-state index in [-0.39, 0.29) is 30.0 Å². The lowest BCUT2D eigenvalue weighted by Gasteiger charge is -2.36. The summed E-state index contributed by atoms with van der Waals surface area (Å²) >= 11 is 0. The van der Waals surface area contributed by atoms with Gasteiger partial charge in [-0.05, 0) is 80.2 Å². The highest BCUT2D eigenvalue weighted by Crippen LogP contribution is 2.35. The maximum Gasteiger partial charge on any atom is 0.335 e. The molecule has 0 aliphatic carbocycles. The SMILES string of the molecule is COCC1=C(C(=O)O)C(c2ccc(F)c(F)c2)N(C(=O)NCCCN2CCC(c3cccc(N)c3)CC2)C(=O)N1. The molecule has 214 valence electrons. The standard InChI is InChI=1S/C28H33F2N5O5/c1-40-16-23-24(26(36)37)25(19-6-7-21(29)22(30)15-19)35(28(39)33-23)27(38)32-10-3-11-34-12-8-17(9-13-34)18-4-2-5-20(31)14-18/h2,4-7,14-15,17,25H,3,8-13,16,31H2,1H3,(H,32,38)(H,33,39)(H,36,37). The van der Waals surface area contributed by atoms with Crippen molar-refractivity contribution in [3.63, 3.8) is 0 Å². The zero-order valence-corrected chi connectivity index (χ0v) is 22.2. The lowest BCUT2D eigenvalue weighted by molar-refractivity contribution is -0.133. The number of carboxylic acids is 1. The van der Waals surface area contributed by atoms with E-state index in [0.717, 1.165) is 56.4 Å². The molecule has 1 unspecified atom stereocenters. The minimum Gasteiger partial charge on any atom is -0.478 e. The Morgan fingerprint density at radius 1 is 1.12 bits per heavy atom. The van der Waals surface area contributed by atoms with E-state index >= 15 is 0 Å². The first-order valence-corrected chi connectivity index (χ1v) is 13.1. The van der Waals surface area contributed by atoms with Crippen LogP contribution in [0.25, 0.3) is 0 Å². The average molecular weight is 558 g/mol. The predicted molar refractivity (Wildman–Crippen MR) is 143 cm³/mol. The smallest absolute Gasteiger partial charge is 0.335 e. The summed E-state index contributed by atoms with van der Waals surface area (Å²) in [4.78, 5) is 41.3. The molecule has 0 saturated carbocycles. The number of carbonyl (C=O) groups is 3. The van der Waals surface area contributed by atoms with Crippen LogP contribution in [-0.4, -0.2) is 72.8 Å². The number of carboxylic acid groups (broad SMARTS) is 1. The molecule has 0 bridgehead atoms. The third-order valence-corrected chi connectivity index (χ3v) is 7.23. The number of ether oxygens (including phenoxy) is 1. The number of likely N-dealkylation sites (tertiary alicyclic amines) is 1. The lowest BCUT2D eigenvalue weighted by Crippen LogP contribution is -2.55. The Labute approximate surface area is 230 Å². The number of hydrogen-bond acceptors (Lipinski definition) is 6. The number of urea groups is 2. The Bertz CT molecular complexity index is 1300. The number of methoxy groups -OCH3 is 1. The molecule has 4 amide bonds. The molecule has 0 radical (unpaired) electrons. The van der Waals surface area contributed by atoms with Gasteiger partial charge in [0.05, 0.1) is 17.9 Å². The number of benzene rings is 2. The quantitative estimate of drug-likeness (QED) is 0.273. The van der Waals surface area contributed by atoms with Gasteiger partial charge in [0.1, 0.15) is 6.04 Å². The van der Waals surface area contributed by atoms with Crippen LogP contribution in [0.4, 0.5) is 24.1 Å². The molecule has 1 saturated heterocycles. The number of amides is 4. The second kappa shape index (κ2) is 12.9. The first-order valence-electron chi connectivity index (χ1n) is 13.1. The van der Waals surface area contributed by atoms with Gasteiger partial charge in [0, 0.05) is 19.3 Å². The molecule has 12 heteroatoms. The van der Waals surface area contributed by atoms with Crippen molar-refractivity contribution in [2.24, 2.45) is 0 Å². The zero-order valence-electron chi connectivity index (χ0n) is 22.2.